The first-order valence-corrected chi connectivity index (χ1v) is 9.30. The number of rotatable bonds is 3. The van der Waals surface area contributed by atoms with Crippen LogP contribution in [0.4, 0.5) is 5.69 Å². The Morgan fingerprint density at radius 2 is 1.78 bits per heavy atom. The maximum Gasteiger partial charge on any atom is 0.256 e. The molecular weight excluding hydrogens is 402 g/mol. The summed E-state index contributed by atoms with van der Waals surface area (Å²) in [6, 6.07) is 20.8. The second kappa shape index (κ2) is 7.29. The Bertz CT molecular complexity index is 1140. The highest BCUT2D eigenvalue weighted by atomic mass is 79.9. The van der Waals surface area contributed by atoms with Crippen LogP contribution in [0.2, 0.25) is 0 Å². The number of pyridine rings is 2. The van der Waals surface area contributed by atoms with E-state index in [9.17, 15) is 4.79 Å². The van der Waals surface area contributed by atoms with E-state index < -0.39 is 0 Å². The number of anilines is 1. The Hall–Kier alpha value is -3.05. The van der Waals surface area contributed by atoms with E-state index in [-0.39, 0.29) is 5.91 Å². The lowest BCUT2D eigenvalue weighted by Gasteiger charge is -2.11. The number of amides is 1. The molecule has 27 heavy (non-hydrogen) atoms. The molecule has 0 fully saturated rings. The van der Waals surface area contributed by atoms with Gasteiger partial charge in [-0.15, -0.1) is 0 Å². The summed E-state index contributed by atoms with van der Waals surface area (Å²) < 4.78 is 1.01. The van der Waals surface area contributed by atoms with Crippen LogP contribution in [0, 0.1) is 6.92 Å². The van der Waals surface area contributed by atoms with Gasteiger partial charge in [-0.2, -0.15) is 0 Å². The fourth-order valence-corrected chi connectivity index (χ4v) is 3.18. The second-order valence-electron chi connectivity index (χ2n) is 6.21. The largest absolute Gasteiger partial charge is 0.322 e. The number of fused-ring (bicyclic) bond motifs is 1. The summed E-state index contributed by atoms with van der Waals surface area (Å²) in [7, 11) is 0. The molecule has 2 heterocycles. The third-order valence-corrected chi connectivity index (χ3v) is 5.19. The third kappa shape index (κ3) is 3.59. The van der Waals surface area contributed by atoms with Crippen LogP contribution in [0.15, 0.2) is 77.4 Å². The van der Waals surface area contributed by atoms with Gasteiger partial charge in [-0.1, -0.05) is 40.2 Å². The van der Waals surface area contributed by atoms with Crippen molar-refractivity contribution in [3.8, 4) is 11.4 Å². The van der Waals surface area contributed by atoms with Crippen LogP contribution in [-0.4, -0.2) is 15.9 Å². The van der Waals surface area contributed by atoms with Gasteiger partial charge >= 0.3 is 0 Å². The number of nitrogens with zero attached hydrogens (tertiary/aromatic N) is 2. The lowest BCUT2D eigenvalue weighted by molar-refractivity contribution is 0.102. The van der Waals surface area contributed by atoms with Crippen molar-refractivity contribution in [2.24, 2.45) is 0 Å². The van der Waals surface area contributed by atoms with Gasteiger partial charge in [-0.25, -0.2) is 4.98 Å². The molecule has 0 spiro atoms. The predicted molar refractivity (Wildman–Crippen MR) is 112 cm³/mol. The molecule has 0 saturated carbocycles. The molecule has 0 aliphatic heterocycles. The smallest absolute Gasteiger partial charge is 0.256 e. The van der Waals surface area contributed by atoms with Crippen LogP contribution in [-0.2, 0) is 0 Å². The van der Waals surface area contributed by atoms with E-state index >= 15 is 0 Å². The number of carbonyl (C=O) groups is 1. The van der Waals surface area contributed by atoms with E-state index in [1.165, 1.54) is 0 Å². The number of hydrogen-bond donors (Lipinski definition) is 1. The summed E-state index contributed by atoms with van der Waals surface area (Å²) >= 11 is 3.48. The van der Waals surface area contributed by atoms with Crippen molar-refractivity contribution in [3.05, 3.63) is 88.5 Å². The highest BCUT2D eigenvalue weighted by molar-refractivity contribution is 9.10. The SMILES string of the molecule is Cc1cc(NC(=O)c2cc(-c3ccccn3)nc3ccccc23)ccc1Br. The fourth-order valence-electron chi connectivity index (χ4n) is 2.93. The Morgan fingerprint density at radius 1 is 0.963 bits per heavy atom. The molecule has 0 saturated heterocycles. The third-order valence-electron chi connectivity index (χ3n) is 4.30. The zero-order valence-corrected chi connectivity index (χ0v) is 16.2. The number of para-hydroxylation sites is 1. The van der Waals surface area contributed by atoms with Gasteiger partial charge in [0.2, 0.25) is 0 Å². The molecular formula is C22H16BrN3O. The Morgan fingerprint density at radius 3 is 2.56 bits per heavy atom. The van der Waals surface area contributed by atoms with Crippen molar-refractivity contribution < 1.29 is 4.79 Å². The molecule has 2 aromatic heterocycles. The zero-order chi connectivity index (χ0) is 18.8. The number of halogens is 1. The van der Waals surface area contributed by atoms with Crippen molar-refractivity contribution in [2.45, 2.75) is 6.92 Å². The van der Waals surface area contributed by atoms with Gasteiger partial charge in [0.25, 0.3) is 5.91 Å². The number of carbonyl (C=O) groups excluding carboxylic acids is 1. The lowest BCUT2D eigenvalue weighted by Crippen LogP contribution is -2.13. The highest BCUT2D eigenvalue weighted by Gasteiger charge is 2.15. The van der Waals surface area contributed by atoms with Gasteiger partial charge < -0.3 is 5.32 Å². The summed E-state index contributed by atoms with van der Waals surface area (Å²) in [5, 5.41) is 3.80. The zero-order valence-electron chi connectivity index (χ0n) is 14.6. The van der Waals surface area contributed by atoms with Gasteiger partial charge in [0, 0.05) is 21.7 Å². The molecule has 0 aliphatic carbocycles. The number of aromatic nitrogens is 2. The molecule has 132 valence electrons. The maximum absolute atomic E-state index is 13.0. The van der Waals surface area contributed by atoms with Gasteiger partial charge in [0.15, 0.2) is 0 Å². The molecule has 0 aliphatic rings. The Labute approximate surface area is 165 Å². The molecule has 4 aromatic rings. The Kier molecular flexibility index (Phi) is 4.69. The molecule has 0 atom stereocenters. The summed E-state index contributed by atoms with van der Waals surface area (Å²) in [6.45, 7) is 1.99. The first-order valence-electron chi connectivity index (χ1n) is 8.50. The average molecular weight is 418 g/mol. The molecule has 2 aromatic carbocycles. The van der Waals surface area contributed by atoms with Gasteiger partial charge in [0.05, 0.1) is 22.5 Å². The van der Waals surface area contributed by atoms with Crippen molar-refractivity contribution in [1.29, 1.82) is 0 Å². The van der Waals surface area contributed by atoms with Crippen molar-refractivity contribution in [2.75, 3.05) is 5.32 Å². The van der Waals surface area contributed by atoms with Crippen molar-refractivity contribution >= 4 is 38.4 Å². The molecule has 4 rings (SSSR count). The van der Waals surface area contributed by atoms with Gasteiger partial charge in [0.1, 0.15) is 0 Å². The molecule has 1 amide bonds. The van der Waals surface area contributed by atoms with Crippen molar-refractivity contribution in [1.82, 2.24) is 9.97 Å². The number of benzene rings is 2. The second-order valence-corrected chi connectivity index (χ2v) is 7.06. The average Bonchev–Trinajstić information content (AvgIpc) is 2.70. The lowest BCUT2D eigenvalue weighted by atomic mass is 10.1. The molecule has 0 radical (unpaired) electrons. The fraction of sp³-hybridized carbons (Fsp3) is 0.0455. The van der Waals surface area contributed by atoms with Crippen LogP contribution in [0.3, 0.4) is 0 Å². The quantitative estimate of drug-likeness (QED) is 0.470. The van der Waals surface area contributed by atoms with Gasteiger partial charge in [-0.05, 0) is 55.0 Å². The number of hydrogen-bond acceptors (Lipinski definition) is 3. The summed E-state index contributed by atoms with van der Waals surface area (Å²) in [5.41, 5.74) is 4.55. The Balaban J connectivity index is 1.79. The summed E-state index contributed by atoms with van der Waals surface area (Å²) in [6.07, 6.45) is 1.72. The minimum atomic E-state index is -0.174. The topological polar surface area (TPSA) is 54.9 Å². The van der Waals surface area contributed by atoms with E-state index in [0.717, 1.165) is 32.3 Å². The normalized spacial score (nSPS) is 10.7. The van der Waals surface area contributed by atoms with Crippen LogP contribution in [0.25, 0.3) is 22.3 Å². The molecule has 4 nitrogen and oxygen atoms in total. The molecule has 0 bridgehead atoms. The molecule has 1 N–H and O–H groups in total. The van der Waals surface area contributed by atoms with E-state index in [1.54, 1.807) is 12.3 Å². The van der Waals surface area contributed by atoms with Crippen LogP contribution in [0.1, 0.15) is 15.9 Å². The highest BCUT2D eigenvalue weighted by Crippen LogP contribution is 2.25. The first kappa shape index (κ1) is 17.4. The number of nitrogens with one attached hydrogen (secondary N) is 1. The molecule has 5 heteroatoms. The maximum atomic E-state index is 13.0. The monoisotopic (exact) mass is 417 g/mol. The molecule has 0 unspecified atom stereocenters. The standard InChI is InChI=1S/C22H16BrN3O/c1-14-12-15(9-10-18(14)23)25-22(27)17-13-21(20-8-4-5-11-24-20)26-19-7-3-2-6-16(17)19/h2-13H,1H3,(H,25,27). The minimum Gasteiger partial charge on any atom is -0.322 e. The van der Waals surface area contributed by atoms with Crippen LogP contribution < -0.4 is 5.32 Å². The van der Waals surface area contributed by atoms with E-state index in [0.29, 0.717) is 11.3 Å². The van der Waals surface area contributed by atoms with Crippen molar-refractivity contribution in [3.63, 3.8) is 0 Å². The van der Waals surface area contributed by atoms with E-state index in [2.05, 4.69) is 31.2 Å². The van der Waals surface area contributed by atoms with Gasteiger partial charge in [-0.3, -0.25) is 9.78 Å². The minimum absolute atomic E-state index is 0.174. The van der Waals surface area contributed by atoms with E-state index in [4.69, 9.17) is 0 Å². The van der Waals surface area contributed by atoms with E-state index in [1.807, 2.05) is 67.6 Å². The number of aryl methyl sites for hydroxylation is 1. The van der Waals surface area contributed by atoms with Crippen LogP contribution >= 0.6 is 15.9 Å². The predicted octanol–water partition coefficient (Wildman–Crippen LogP) is 5.62. The summed E-state index contributed by atoms with van der Waals surface area (Å²) in [4.78, 5) is 22.1. The first-order chi connectivity index (χ1) is 13.1. The van der Waals surface area contributed by atoms with Crippen LogP contribution in [0.5, 0.6) is 0 Å². The summed E-state index contributed by atoms with van der Waals surface area (Å²) in [5.74, 6) is -0.174.